The summed E-state index contributed by atoms with van der Waals surface area (Å²) in [6.07, 6.45) is 2.85. The summed E-state index contributed by atoms with van der Waals surface area (Å²) in [7, 11) is 0. The Kier molecular flexibility index (Phi) is 6.03. The molecule has 6 nitrogen and oxygen atoms in total. The zero-order valence-corrected chi connectivity index (χ0v) is 17.5. The molecule has 2 amide bonds. The predicted molar refractivity (Wildman–Crippen MR) is 123 cm³/mol. The smallest absolute Gasteiger partial charge is 0.258 e. The zero-order valence-electron chi connectivity index (χ0n) is 17.5. The van der Waals surface area contributed by atoms with Gasteiger partial charge in [-0.05, 0) is 71.6 Å². The highest BCUT2D eigenvalue weighted by molar-refractivity contribution is 6.04. The van der Waals surface area contributed by atoms with E-state index in [-0.39, 0.29) is 17.6 Å². The van der Waals surface area contributed by atoms with Crippen LogP contribution in [0.15, 0.2) is 89.7 Å². The Balaban J connectivity index is 1.46. The van der Waals surface area contributed by atoms with Crippen molar-refractivity contribution in [3.8, 4) is 16.9 Å². The summed E-state index contributed by atoms with van der Waals surface area (Å²) in [6, 6.07) is 21.4. The molecule has 1 heterocycles. The quantitative estimate of drug-likeness (QED) is 0.398. The topological polar surface area (TPSA) is 91.6 Å². The average Bonchev–Trinajstić information content (AvgIpc) is 3.34. The predicted octanol–water partition coefficient (Wildman–Crippen LogP) is 5.14. The van der Waals surface area contributed by atoms with E-state index in [4.69, 9.17) is 4.42 Å². The number of phenols is 1. The van der Waals surface area contributed by atoms with E-state index in [1.165, 1.54) is 12.5 Å². The van der Waals surface area contributed by atoms with Crippen molar-refractivity contribution in [3.05, 3.63) is 108 Å². The van der Waals surface area contributed by atoms with Crippen molar-refractivity contribution >= 4 is 17.5 Å². The lowest BCUT2D eigenvalue weighted by Gasteiger charge is -2.11. The highest BCUT2D eigenvalue weighted by atomic mass is 16.3. The lowest BCUT2D eigenvalue weighted by molar-refractivity contribution is 0.0950. The lowest BCUT2D eigenvalue weighted by Crippen LogP contribution is -2.22. The fraction of sp³-hybridized carbons (Fsp3) is 0.0769. The van der Waals surface area contributed by atoms with Gasteiger partial charge in [-0.15, -0.1) is 0 Å². The van der Waals surface area contributed by atoms with Crippen molar-refractivity contribution in [2.24, 2.45) is 0 Å². The van der Waals surface area contributed by atoms with Gasteiger partial charge in [-0.1, -0.05) is 30.3 Å². The van der Waals surface area contributed by atoms with Gasteiger partial charge < -0.3 is 20.2 Å². The molecule has 3 N–H and O–H groups in total. The number of hydrogen-bond acceptors (Lipinski definition) is 4. The second-order valence-corrected chi connectivity index (χ2v) is 7.43. The minimum Gasteiger partial charge on any atom is -0.508 e. The van der Waals surface area contributed by atoms with E-state index in [0.29, 0.717) is 23.4 Å². The van der Waals surface area contributed by atoms with Crippen LogP contribution >= 0.6 is 0 Å². The molecule has 0 radical (unpaired) electrons. The molecule has 32 heavy (non-hydrogen) atoms. The van der Waals surface area contributed by atoms with Crippen LogP contribution in [0.25, 0.3) is 11.1 Å². The van der Waals surface area contributed by atoms with Crippen LogP contribution in [0, 0.1) is 6.92 Å². The number of nitrogens with one attached hydrogen (secondary N) is 2. The standard InChI is InChI=1S/C26H22N2O4/c1-17-5-10-22(28-26(31)21-11-12-32-16-21)14-24(17)19-6-8-20(9-7-19)25(30)27-15-18-3-2-4-23(29)13-18/h2-14,16,29H,15H2,1H3,(H,27,30)(H,28,31). The molecular weight excluding hydrogens is 404 g/mol. The van der Waals surface area contributed by atoms with Crippen LogP contribution < -0.4 is 10.6 Å². The number of rotatable bonds is 6. The number of carbonyl (C=O) groups excluding carboxylic acids is 2. The molecule has 4 aromatic rings. The Bertz CT molecular complexity index is 1250. The number of carbonyl (C=O) groups is 2. The second-order valence-electron chi connectivity index (χ2n) is 7.43. The number of furan rings is 1. The van der Waals surface area contributed by atoms with Crippen molar-refractivity contribution in [1.82, 2.24) is 5.32 Å². The molecule has 0 saturated heterocycles. The van der Waals surface area contributed by atoms with E-state index >= 15 is 0 Å². The first-order chi connectivity index (χ1) is 15.5. The number of hydrogen-bond donors (Lipinski definition) is 3. The van der Waals surface area contributed by atoms with E-state index in [0.717, 1.165) is 22.3 Å². The monoisotopic (exact) mass is 426 g/mol. The molecule has 0 bridgehead atoms. The third kappa shape index (κ3) is 4.87. The van der Waals surface area contributed by atoms with Crippen LogP contribution in [0.3, 0.4) is 0 Å². The molecule has 0 aliphatic rings. The first-order valence-electron chi connectivity index (χ1n) is 10.1. The van der Waals surface area contributed by atoms with E-state index < -0.39 is 0 Å². The molecule has 0 aliphatic carbocycles. The molecule has 0 fully saturated rings. The summed E-state index contributed by atoms with van der Waals surface area (Å²) >= 11 is 0. The largest absolute Gasteiger partial charge is 0.508 e. The third-order valence-electron chi connectivity index (χ3n) is 5.10. The maximum Gasteiger partial charge on any atom is 0.258 e. The summed E-state index contributed by atoms with van der Waals surface area (Å²) in [5.41, 5.74) is 5.43. The molecule has 160 valence electrons. The lowest BCUT2D eigenvalue weighted by atomic mass is 9.98. The van der Waals surface area contributed by atoms with E-state index in [1.54, 1.807) is 36.4 Å². The van der Waals surface area contributed by atoms with Crippen molar-refractivity contribution in [3.63, 3.8) is 0 Å². The Morgan fingerprint density at radius 2 is 1.72 bits per heavy atom. The molecule has 0 aliphatic heterocycles. The summed E-state index contributed by atoms with van der Waals surface area (Å²) in [5, 5.41) is 15.3. The fourth-order valence-electron chi connectivity index (χ4n) is 3.36. The second kappa shape index (κ2) is 9.22. The van der Waals surface area contributed by atoms with Gasteiger partial charge in [0.2, 0.25) is 0 Å². The van der Waals surface area contributed by atoms with Gasteiger partial charge in [-0.2, -0.15) is 0 Å². The van der Waals surface area contributed by atoms with Crippen LogP contribution in [0.1, 0.15) is 31.8 Å². The SMILES string of the molecule is Cc1ccc(NC(=O)c2ccoc2)cc1-c1ccc(C(=O)NCc2cccc(O)c2)cc1. The summed E-state index contributed by atoms with van der Waals surface area (Å²) < 4.78 is 4.96. The van der Waals surface area contributed by atoms with Crippen LogP contribution in [0.2, 0.25) is 0 Å². The highest BCUT2D eigenvalue weighted by Gasteiger charge is 2.11. The number of anilines is 1. The Morgan fingerprint density at radius 1 is 0.906 bits per heavy atom. The number of phenolic OH excluding ortho intramolecular Hbond substituents is 1. The zero-order chi connectivity index (χ0) is 22.5. The van der Waals surface area contributed by atoms with Crippen molar-refractivity contribution in [1.29, 1.82) is 0 Å². The normalized spacial score (nSPS) is 10.5. The minimum atomic E-state index is -0.243. The molecule has 0 unspecified atom stereocenters. The van der Waals surface area contributed by atoms with Crippen molar-refractivity contribution in [2.75, 3.05) is 5.32 Å². The maximum atomic E-state index is 12.5. The molecule has 0 spiro atoms. The first kappa shape index (κ1) is 20.9. The van der Waals surface area contributed by atoms with Crippen LogP contribution in [-0.4, -0.2) is 16.9 Å². The van der Waals surface area contributed by atoms with Gasteiger partial charge in [-0.3, -0.25) is 9.59 Å². The summed E-state index contributed by atoms with van der Waals surface area (Å²) in [6.45, 7) is 2.32. The van der Waals surface area contributed by atoms with Crippen LogP contribution in [-0.2, 0) is 6.54 Å². The molecule has 0 atom stereocenters. The Morgan fingerprint density at radius 3 is 2.44 bits per heavy atom. The third-order valence-corrected chi connectivity index (χ3v) is 5.10. The summed E-state index contributed by atoms with van der Waals surface area (Å²) in [5.74, 6) is -0.273. The number of aryl methyl sites for hydroxylation is 1. The minimum absolute atomic E-state index is 0.166. The van der Waals surface area contributed by atoms with E-state index in [2.05, 4.69) is 10.6 Å². The number of amides is 2. The Labute approximate surface area is 185 Å². The maximum absolute atomic E-state index is 12.5. The number of benzene rings is 3. The fourth-order valence-corrected chi connectivity index (χ4v) is 3.36. The van der Waals surface area contributed by atoms with Gasteiger partial charge in [0.15, 0.2) is 0 Å². The van der Waals surface area contributed by atoms with Gasteiger partial charge in [-0.25, -0.2) is 0 Å². The van der Waals surface area contributed by atoms with Gasteiger partial charge in [0.1, 0.15) is 12.0 Å². The Hall–Kier alpha value is -4.32. The van der Waals surface area contributed by atoms with E-state index in [9.17, 15) is 14.7 Å². The van der Waals surface area contributed by atoms with Gasteiger partial charge in [0.25, 0.3) is 11.8 Å². The van der Waals surface area contributed by atoms with Gasteiger partial charge in [0, 0.05) is 17.8 Å². The van der Waals surface area contributed by atoms with E-state index in [1.807, 2.05) is 43.3 Å². The molecule has 4 rings (SSSR count). The van der Waals surface area contributed by atoms with Crippen LogP contribution in [0.4, 0.5) is 5.69 Å². The average molecular weight is 426 g/mol. The molecular formula is C26H22N2O4. The number of aromatic hydroxyl groups is 1. The summed E-state index contributed by atoms with van der Waals surface area (Å²) in [4.78, 5) is 24.8. The first-order valence-corrected chi connectivity index (χ1v) is 10.1. The molecule has 6 heteroatoms. The molecule has 3 aromatic carbocycles. The highest BCUT2D eigenvalue weighted by Crippen LogP contribution is 2.27. The van der Waals surface area contributed by atoms with Crippen molar-refractivity contribution < 1.29 is 19.1 Å². The molecule has 0 saturated carbocycles. The molecule has 1 aromatic heterocycles. The van der Waals surface area contributed by atoms with Crippen molar-refractivity contribution in [2.45, 2.75) is 13.5 Å². The van der Waals surface area contributed by atoms with Gasteiger partial charge in [0.05, 0.1) is 11.8 Å². The van der Waals surface area contributed by atoms with Crippen LogP contribution in [0.5, 0.6) is 5.75 Å². The van der Waals surface area contributed by atoms with Gasteiger partial charge >= 0.3 is 0 Å².